The molecule has 0 aliphatic carbocycles. The summed E-state index contributed by atoms with van der Waals surface area (Å²) in [5.41, 5.74) is 0.848. The lowest BCUT2D eigenvalue weighted by molar-refractivity contribution is 0.102. The van der Waals surface area contributed by atoms with Gasteiger partial charge in [-0.1, -0.05) is 0 Å². The normalized spacial score (nSPS) is 11.3. The summed E-state index contributed by atoms with van der Waals surface area (Å²) < 4.78 is 33.2. The van der Waals surface area contributed by atoms with Crippen LogP contribution in [0, 0.1) is 0 Å². The number of aromatic nitrogens is 3. The smallest absolute Gasteiger partial charge is 0.255 e. The molecule has 146 valence electrons. The fraction of sp³-hybridized carbons (Fsp3) is 0.167. The Kier molecular flexibility index (Phi) is 6.14. The number of hydrogen-bond acceptors (Lipinski definition) is 6. The number of amides is 1. The van der Waals surface area contributed by atoms with Gasteiger partial charge in [0, 0.05) is 31.6 Å². The lowest BCUT2D eigenvalue weighted by Crippen LogP contribution is -2.27. The van der Waals surface area contributed by atoms with Gasteiger partial charge in [0.1, 0.15) is 12.1 Å². The number of methoxy groups -OCH3 is 1. The van der Waals surface area contributed by atoms with Crippen LogP contribution in [0.5, 0.6) is 0 Å². The maximum Gasteiger partial charge on any atom is 0.255 e. The Hall–Kier alpha value is -3.08. The van der Waals surface area contributed by atoms with Gasteiger partial charge < -0.3 is 10.1 Å². The van der Waals surface area contributed by atoms with Gasteiger partial charge in [-0.2, -0.15) is 0 Å². The Labute approximate surface area is 162 Å². The predicted octanol–water partition coefficient (Wildman–Crippen LogP) is 1.44. The Morgan fingerprint density at radius 3 is 2.57 bits per heavy atom. The number of sulfonamides is 1. The highest BCUT2D eigenvalue weighted by molar-refractivity contribution is 7.89. The third-order valence-electron chi connectivity index (χ3n) is 3.80. The fourth-order valence-electron chi connectivity index (χ4n) is 2.36. The maximum atomic E-state index is 12.4. The summed E-state index contributed by atoms with van der Waals surface area (Å²) in [7, 11) is -2.15. The first-order valence-electron chi connectivity index (χ1n) is 8.34. The van der Waals surface area contributed by atoms with Gasteiger partial charge in [-0.15, -0.1) is 0 Å². The first-order valence-corrected chi connectivity index (χ1v) is 9.82. The molecule has 0 unspecified atom stereocenters. The molecule has 28 heavy (non-hydrogen) atoms. The van der Waals surface area contributed by atoms with Crippen molar-refractivity contribution in [3.63, 3.8) is 0 Å². The summed E-state index contributed by atoms with van der Waals surface area (Å²) in [5, 5.41) is 2.72. The van der Waals surface area contributed by atoms with Crippen molar-refractivity contribution in [3.8, 4) is 5.82 Å². The van der Waals surface area contributed by atoms with E-state index in [0.29, 0.717) is 17.1 Å². The van der Waals surface area contributed by atoms with Crippen molar-refractivity contribution < 1.29 is 17.9 Å². The van der Waals surface area contributed by atoms with E-state index >= 15 is 0 Å². The van der Waals surface area contributed by atoms with Gasteiger partial charge in [0.05, 0.1) is 23.4 Å². The molecular weight excluding hydrogens is 382 g/mol. The van der Waals surface area contributed by atoms with E-state index in [4.69, 9.17) is 4.74 Å². The molecule has 9 nitrogen and oxygen atoms in total. The molecule has 0 saturated carbocycles. The SMILES string of the molecule is COCCNS(=O)(=O)c1ccc(C(=O)Nc2ccc(-n3ccnc3)nc2)cc1. The van der Waals surface area contributed by atoms with Crippen molar-refractivity contribution in [2.24, 2.45) is 0 Å². The lowest BCUT2D eigenvalue weighted by atomic mass is 10.2. The van der Waals surface area contributed by atoms with Crippen molar-refractivity contribution in [3.05, 3.63) is 66.9 Å². The summed E-state index contributed by atoms with van der Waals surface area (Å²) in [5.74, 6) is 0.305. The number of carbonyl (C=O) groups is 1. The summed E-state index contributed by atoms with van der Waals surface area (Å²) in [6.07, 6.45) is 6.57. The number of carbonyl (C=O) groups excluding carboxylic acids is 1. The van der Waals surface area contributed by atoms with Crippen LogP contribution in [0.15, 0.2) is 66.2 Å². The van der Waals surface area contributed by atoms with Crippen LogP contribution in [0.1, 0.15) is 10.4 Å². The van der Waals surface area contributed by atoms with Crippen LogP contribution >= 0.6 is 0 Å². The highest BCUT2D eigenvalue weighted by atomic mass is 32.2. The largest absolute Gasteiger partial charge is 0.383 e. The van der Waals surface area contributed by atoms with Crippen LogP contribution in [0.2, 0.25) is 0 Å². The number of hydrogen-bond donors (Lipinski definition) is 2. The fourth-order valence-corrected chi connectivity index (χ4v) is 3.37. The molecule has 0 aliphatic heterocycles. The Morgan fingerprint density at radius 2 is 1.96 bits per heavy atom. The Balaban J connectivity index is 1.64. The molecule has 0 radical (unpaired) electrons. The van der Waals surface area contributed by atoms with Crippen LogP contribution in [0.4, 0.5) is 5.69 Å². The number of rotatable bonds is 8. The maximum absolute atomic E-state index is 12.4. The molecule has 10 heteroatoms. The van der Waals surface area contributed by atoms with Gasteiger partial charge in [0.15, 0.2) is 0 Å². The number of benzene rings is 1. The van der Waals surface area contributed by atoms with E-state index in [0.717, 1.165) is 0 Å². The van der Waals surface area contributed by atoms with Crippen LogP contribution < -0.4 is 10.0 Å². The molecule has 1 amide bonds. The van der Waals surface area contributed by atoms with Crippen LogP contribution in [-0.4, -0.2) is 49.1 Å². The summed E-state index contributed by atoms with van der Waals surface area (Å²) >= 11 is 0. The molecule has 0 saturated heterocycles. The molecule has 2 aromatic heterocycles. The van der Waals surface area contributed by atoms with Gasteiger partial charge in [-0.05, 0) is 36.4 Å². The zero-order valence-electron chi connectivity index (χ0n) is 15.1. The second-order valence-electron chi connectivity index (χ2n) is 5.74. The van der Waals surface area contributed by atoms with Crippen molar-refractivity contribution >= 4 is 21.6 Å². The monoisotopic (exact) mass is 401 g/mol. The summed E-state index contributed by atoms with van der Waals surface area (Å²) in [6.45, 7) is 0.441. The molecular formula is C18H19N5O4S. The molecule has 0 spiro atoms. The predicted molar refractivity (Wildman–Crippen MR) is 103 cm³/mol. The lowest BCUT2D eigenvalue weighted by Gasteiger charge is -2.08. The number of nitrogens with zero attached hydrogens (tertiary/aromatic N) is 3. The number of pyridine rings is 1. The molecule has 2 N–H and O–H groups in total. The molecule has 1 aromatic carbocycles. The van der Waals surface area contributed by atoms with Crippen LogP contribution in [0.3, 0.4) is 0 Å². The van der Waals surface area contributed by atoms with E-state index < -0.39 is 10.0 Å². The minimum atomic E-state index is -3.64. The van der Waals surface area contributed by atoms with E-state index in [9.17, 15) is 13.2 Å². The second kappa shape index (κ2) is 8.74. The van der Waals surface area contributed by atoms with Crippen molar-refractivity contribution in [1.82, 2.24) is 19.3 Å². The van der Waals surface area contributed by atoms with E-state index in [1.165, 1.54) is 37.6 Å². The number of imidazole rings is 1. The van der Waals surface area contributed by atoms with Crippen LogP contribution in [0.25, 0.3) is 5.82 Å². The molecule has 0 fully saturated rings. The molecule has 2 heterocycles. The Bertz CT molecular complexity index is 1020. The molecule has 3 aromatic rings. The minimum Gasteiger partial charge on any atom is -0.383 e. The average molecular weight is 401 g/mol. The number of nitrogens with one attached hydrogen (secondary N) is 2. The minimum absolute atomic E-state index is 0.0755. The molecule has 0 bridgehead atoms. The highest BCUT2D eigenvalue weighted by Gasteiger charge is 2.14. The zero-order valence-corrected chi connectivity index (χ0v) is 15.9. The van der Waals surface area contributed by atoms with Gasteiger partial charge in [-0.3, -0.25) is 9.36 Å². The Morgan fingerprint density at radius 1 is 1.18 bits per heavy atom. The van der Waals surface area contributed by atoms with Gasteiger partial charge in [0.25, 0.3) is 5.91 Å². The number of ether oxygens (including phenoxy) is 1. The highest BCUT2D eigenvalue weighted by Crippen LogP contribution is 2.14. The average Bonchev–Trinajstić information content (AvgIpc) is 3.23. The van der Waals surface area contributed by atoms with E-state index in [2.05, 4.69) is 20.0 Å². The first-order chi connectivity index (χ1) is 13.5. The van der Waals surface area contributed by atoms with Gasteiger partial charge in [-0.25, -0.2) is 23.1 Å². The van der Waals surface area contributed by atoms with Crippen LogP contribution in [-0.2, 0) is 14.8 Å². The van der Waals surface area contributed by atoms with E-state index in [1.807, 2.05) is 0 Å². The summed E-state index contributed by atoms with van der Waals surface area (Å²) in [6, 6.07) is 9.13. The van der Waals surface area contributed by atoms with Crippen molar-refractivity contribution in [2.45, 2.75) is 4.90 Å². The zero-order chi connectivity index (χ0) is 20.0. The molecule has 3 rings (SSSR count). The molecule has 0 atom stereocenters. The molecule has 0 aliphatic rings. The van der Waals surface area contributed by atoms with Gasteiger partial charge in [0.2, 0.25) is 10.0 Å². The van der Waals surface area contributed by atoms with Crippen molar-refractivity contribution in [1.29, 1.82) is 0 Å². The first kappa shape index (κ1) is 19.7. The standard InChI is InChI=1S/C18H19N5O4S/c1-27-11-9-21-28(25,26)16-5-2-14(3-6-16)18(24)22-15-4-7-17(20-12-15)23-10-8-19-13-23/h2-8,10,12-13,21H,9,11H2,1H3,(H,22,24). The third-order valence-corrected chi connectivity index (χ3v) is 5.28. The topological polar surface area (TPSA) is 115 Å². The summed E-state index contributed by atoms with van der Waals surface area (Å²) in [4.78, 5) is 20.7. The third kappa shape index (κ3) is 4.80. The van der Waals surface area contributed by atoms with E-state index in [1.54, 1.807) is 35.4 Å². The number of anilines is 1. The van der Waals surface area contributed by atoms with Gasteiger partial charge >= 0.3 is 0 Å². The second-order valence-corrected chi connectivity index (χ2v) is 7.51. The quantitative estimate of drug-likeness (QED) is 0.552. The van der Waals surface area contributed by atoms with E-state index in [-0.39, 0.29) is 24.0 Å². The van der Waals surface area contributed by atoms with Crippen molar-refractivity contribution in [2.75, 3.05) is 25.6 Å².